The smallest absolute Gasteiger partial charge is 0.253 e. The average Bonchev–Trinajstić information content (AvgIpc) is 2.67. The lowest BCUT2D eigenvalue weighted by Crippen LogP contribution is -2.62. The van der Waals surface area contributed by atoms with Crippen molar-refractivity contribution in [2.24, 2.45) is 5.41 Å². The molecule has 19 heavy (non-hydrogen) atoms. The van der Waals surface area contributed by atoms with Crippen LogP contribution in [0.4, 0.5) is 0 Å². The Hall–Kier alpha value is 0.0900. The summed E-state index contributed by atoms with van der Waals surface area (Å²) in [6.45, 7) is 7.00. The van der Waals surface area contributed by atoms with Crippen LogP contribution in [0, 0.1) is 5.41 Å². The average molecular weight is 411 g/mol. The predicted octanol–water partition coefficient (Wildman–Crippen LogP) is 4.21. The molecule has 1 heterocycles. The topological polar surface area (TPSA) is 38.3 Å². The van der Waals surface area contributed by atoms with Crippen molar-refractivity contribution >= 4 is 49.1 Å². The Morgan fingerprint density at radius 1 is 1.58 bits per heavy atom. The van der Waals surface area contributed by atoms with Crippen LogP contribution >= 0.6 is 43.2 Å². The molecule has 0 aromatic carbocycles. The van der Waals surface area contributed by atoms with Gasteiger partial charge in [0.05, 0.1) is 19.2 Å². The molecule has 1 amide bonds. The number of hydrogen-bond acceptors (Lipinski definition) is 3. The molecule has 2 rings (SSSR count). The van der Waals surface area contributed by atoms with Crippen LogP contribution in [0.2, 0.25) is 0 Å². The minimum absolute atomic E-state index is 0.00853. The lowest BCUT2D eigenvalue weighted by Gasteiger charge is -2.51. The van der Waals surface area contributed by atoms with E-state index in [9.17, 15) is 4.79 Å². The van der Waals surface area contributed by atoms with E-state index >= 15 is 0 Å². The summed E-state index contributed by atoms with van der Waals surface area (Å²) in [6.07, 6.45) is 1.12. The van der Waals surface area contributed by atoms with Crippen LogP contribution in [0.3, 0.4) is 0 Å². The van der Waals surface area contributed by atoms with Crippen LogP contribution in [0.15, 0.2) is 13.6 Å². The first-order valence-corrected chi connectivity index (χ1v) is 8.63. The maximum atomic E-state index is 12.2. The maximum Gasteiger partial charge on any atom is 0.253 e. The molecule has 1 aliphatic carbocycles. The van der Waals surface area contributed by atoms with E-state index in [1.807, 2.05) is 13.0 Å². The second kappa shape index (κ2) is 5.84. The first kappa shape index (κ1) is 15.5. The van der Waals surface area contributed by atoms with Gasteiger partial charge in [0.25, 0.3) is 5.91 Å². The fourth-order valence-corrected chi connectivity index (χ4v) is 5.14. The number of ether oxygens (including phenoxy) is 1. The number of amides is 1. The third-order valence-electron chi connectivity index (χ3n) is 3.75. The van der Waals surface area contributed by atoms with Gasteiger partial charge in [0.1, 0.15) is 0 Å². The van der Waals surface area contributed by atoms with E-state index in [1.165, 1.54) is 11.3 Å². The van der Waals surface area contributed by atoms with Crippen molar-refractivity contribution in [2.75, 3.05) is 6.61 Å². The van der Waals surface area contributed by atoms with Crippen molar-refractivity contribution in [1.29, 1.82) is 0 Å². The van der Waals surface area contributed by atoms with Gasteiger partial charge in [-0.3, -0.25) is 4.79 Å². The highest BCUT2D eigenvalue weighted by Crippen LogP contribution is 2.43. The number of carbonyl (C=O) groups excluding carboxylic acids is 1. The highest BCUT2D eigenvalue weighted by atomic mass is 79.9. The molecule has 1 aliphatic rings. The molecule has 1 aromatic rings. The second-order valence-corrected chi connectivity index (χ2v) is 9.01. The monoisotopic (exact) mass is 409 g/mol. The number of nitrogens with one attached hydrogen (secondary N) is 1. The summed E-state index contributed by atoms with van der Waals surface area (Å²) < 4.78 is 7.48. The Morgan fingerprint density at radius 3 is 2.74 bits per heavy atom. The molecule has 0 saturated heterocycles. The lowest BCUT2D eigenvalue weighted by atomic mass is 9.64. The van der Waals surface area contributed by atoms with Gasteiger partial charge in [-0.2, -0.15) is 0 Å². The molecular formula is C13H17Br2NO2S. The van der Waals surface area contributed by atoms with E-state index in [0.29, 0.717) is 5.56 Å². The van der Waals surface area contributed by atoms with Crippen molar-refractivity contribution < 1.29 is 9.53 Å². The molecule has 1 aromatic heterocycles. The molecule has 0 spiro atoms. The van der Waals surface area contributed by atoms with E-state index in [2.05, 4.69) is 51.0 Å². The normalized spacial score (nSPS) is 24.9. The van der Waals surface area contributed by atoms with Gasteiger partial charge >= 0.3 is 0 Å². The number of rotatable bonds is 4. The van der Waals surface area contributed by atoms with Crippen molar-refractivity contribution in [2.45, 2.75) is 39.3 Å². The van der Waals surface area contributed by atoms with Crippen molar-refractivity contribution in [3.63, 3.8) is 0 Å². The first-order valence-electron chi connectivity index (χ1n) is 6.23. The van der Waals surface area contributed by atoms with Crippen LogP contribution in [-0.4, -0.2) is 24.7 Å². The van der Waals surface area contributed by atoms with Crippen LogP contribution in [0.25, 0.3) is 0 Å². The fourth-order valence-electron chi connectivity index (χ4n) is 2.35. The van der Waals surface area contributed by atoms with Gasteiger partial charge in [-0.1, -0.05) is 13.8 Å². The minimum atomic E-state index is -0.0261. The molecular weight excluding hydrogens is 394 g/mol. The number of thiophene rings is 1. The summed E-state index contributed by atoms with van der Waals surface area (Å²) in [4.78, 5) is 12.2. The zero-order valence-corrected chi connectivity index (χ0v) is 15.1. The summed E-state index contributed by atoms with van der Waals surface area (Å²) in [6, 6.07) is 2.01. The van der Waals surface area contributed by atoms with Gasteiger partial charge in [-0.15, -0.1) is 11.3 Å². The molecule has 0 bridgehead atoms. The Labute approximate surface area is 134 Å². The number of halogens is 2. The summed E-state index contributed by atoms with van der Waals surface area (Å²) in [5, 5.41) is 3.10. The molecule has 3 nitrogen and oxygen atoms in total. The van der Waals surface area contributed by atoms with Crippen molar-refractivity contribution in [1.82, 2.24) is 5.32 Å². The molecule has 6 heteroatoms. The number of hydrogen-bond donors (Lipinski definition) is 1. The molecule has 2 atom stereocenters. The zero-order chi connectivity index (χ0) is 14.2. The second-order valence-electron chi connectivity index (χ2n) is 5.26. The lowest BCUT2D eigenvalue weighted by molar-refractivity contribution is -0.111. The van der Waals surface area contributed by atoms with Gasteiger partial charge in [0.2, 0.25) is 0 Å². The molecule has 0 aliphatic heterocycles. The summed E-state index contributed by atoms with van der Waals surface area (Å²) in [7, 11) is 0. The fraction of sp³-hybridized carbons (Fsp3) is 0.615. The highest BCUT2D eigenvalue weighted by molar-refractivity contribution is 9.12. The van der Waals surface area contributed by atoms with Crippen molar-refractivity contribution in [3.8, 4) is 0 Å². The maximum absolute atomic E-state index is 12.2. The highest BCUT2D eigenvalue weighted by Gasteiger charge is 2.49. The quantitative estimate of drug-likeness (QED) is 0.807. The van der Waals surface area contributed by atoms with Crippen LogP contribution in [0.1, 0.15) is 37.6 Å². The SMILES string of the molecule is CCOC1CC(NC(=O)c2cc(Br)sc2Br)C1(C)C. The Bertz CT molecular complexity index is 487. The minimum Gasteiger partial charge on any atom is -0.378 e. The van der Waals surface area contributed by atoms with Crippen LogP contribution in [0.5, 0.6) is 0 Å². The van der Waals surface area contributed by atoms with Gasteiger partial charge < -0.3 is 10.1 Å². The molecule has 1 fully saturated rings. The van der Waals surface area contributed by atoms with Crippen LogP contribution < -0.4 is 5.32 Å². The molecule has 1 N–H and O–H groups in total. The Kier molecular flexibility index (Phi) is 4.75. The molecule has 2 unspecified atom stereocenters. The van der Waals surface area contributed by atoms with Gasteiger partial charge in [0.15, 0.2) is 0 Å². The standard InChI is InChI=1S/C13H17Br2NO2S/c1-4-18-9-6-8(13(9,2)3)16-12(17)7-5-10(14)19-11(7)15/h5,8-9H,4,6H2,1-3H3,(H,16,17). The predicted molar refractivity (Wildman–Crippen MR) is 84.8 cm³/mol. The van der Waals surface area contributed by atoms with E-state index in [1.54, 1.807) is 0 Å². The molecule has 1 saturated carbocycles. The van der Waals surface area contributed by atoms with Crippen molar-refractivity contribution in [3.05, 3.63) is 19.2 Å². The third-order valence-corrected chi connectivity index (χ3v) is 6.09. The van der Waals surface area contributed by atoms with Gasteiger partial charge in [-0.25, -0.2) is 0 Å². The van der Waals surface area contributed by atoms with E-state index < -0.39 is 0 Å². The largest absolute Gasteiger partial charge is 0.378 e. The van der Waals surface area contributed by atoms with E-state index in [0.717, 1.165) is 20.6 Å². The summed E-state index contributed by atoms with van der Waals surface area (Å²) >= 11 is 8.31. The zero-order valence-electron chi connectivity index (χ0n) is 11.1. The van der Waals surface area contributed by atoms with Gasteiger partial charge in [0, 0.05) is 18.1 Å². The number of carbonyl (C=O) groups is 1. The van der Waals surface area contributed by atoms with E-state index in [-0.39, 0.29) is 23.5 Å². The summed E-state index contributed by atoms with van der Waals surface area (Å²) in [5.74, 6) is -0.0261. The third kappa shape index (κ3) is 3.06. The molecule has 106 valence electrons. The summed E-state index contributed by atoms with van der Waals surface area (Å²) in [5.41, 5.74) is 0.679. The van der Waals surface area contributed by atoms with Crippen LogP contribution in [-0.2, 0) is 4.74 Å². The Balaban J connectivity index is 2.00. The Morgan fingerprint density at radius 2 is 2.26 bits per heavy atom. The van der Waals surface area contributed by atoms with Gasteiger partial charge in [-0.05, 0) is 51.3 Å². The first-order chi connectivity index (χ1) is 8.86. The molecule has 0 radical (unpaired) electrons. The van der Waals surface area contributed by atoms with E-state index in [4.69, 9.17) is 4.74 Å².